The molecule has 3 heterocycles. The molecule has 1 saturated heterocycles. The lowest BCUT2D eigenvalue weighted by Crippen LogP contribution is -2.46. The first-order valence-corrected chi connectivity index (χ1v) is 7.61. The summed E-state index contributed by atoms with van der Waals surface area (Å²) in [6.07, 6.45) is 1.83. The molecule has 0 radical (unpaired) electrons. The maximum atomic E-state index is 8.76. The molecule has 1 aliphatic rings. The molecule has 0 aliphatic carbocycles. The SMILES string of the molecule is N#Cc1ccc(CN2CCN(c3ccc(Br)cn3)CC2)o1. The number of rotatable bonds is 3. The number of nitrogens with zero attached hydrogens (tertiary/aromatic N) is 4. The molecule has 0 spiro atoms. The summed E-state index contributed by atoms with van der Waals surface area (Å²) in [7, 11) is 0. The number of anilines is 1. The van der Waals surface area contributed by atoms with Crippen molar-refractivity contribution in [2.75, 3.05) is 31.1 Å². The maximum Gasteiger partial charge on any atom is 0.203 e. The molecule has 0 bridgehead atoms. The van der Waals surface area contributed by atoms with E-state index < -0.39 is 0 Å². The van der Waals surface area contributed by atoms with E-state index >= 15 is 0 Å². The lowest BCUT2D eigenvalue weighted by Gasteiger charge is -2.34. The van der Waals surface area contributed by atoms with E-state index in [-0.39, 0.29) is 0 Å². The second kappa shape index (κ2) is 6.29. The first kappa shape index (κ1) is 14.1. The molecule has 108 valence electrons. The van der Waals surface area contributed by atoms with Crippen molar-refractivity contribution in [3.05, 3.63) is 46.5 Å². The van der Waals surface area contributed by atoms with E-state index in [0.29, 0.717) is 5.76 Å². The molecule has 0 saturated carbocycles. The number of hydrogen-bond donors (Lipinski definition) is 0. The van der Waals surface area contributed by atoms with Crippen LogP contribution in [0.1, 0.15) is 11.5 Å². The maximum absolute atomic E-state index is 8.76. The molecule has 1 aliphatic heterocycles. The van der Waals surface area contributed by atoms with E-state index in [9.17, 15) is 0 Å². The van der Waals surface area contributed by atoms with Crippen LogP contribution in [0.3, 0.4) is 0 Å². The molecule has 0 atom stereocenters. The van der Waals surface area contributed by atoms with Crippen LogP contribution in [0.25, 0.3) is 0 Å². The highest BCUT2D eigenvalue weighted by Crippen LogP contribution is 2.18. The van der Waals surface area contributed by atoms with Gasteiger partial charge in [0.15, 0.2) is 0 Å². The van der Waals surface area contributed by atoms with Gasteiger partial charge in [-0.15, -0.1) is 0 Å². The second-order valence-electron chi connectivity index (χ2n) is 4.98. The minimum absolute atomic E-state index is 0.377. The Balaban J connectivity index is 1.55. The first-order chi connectivity index (χ1) is 10.2. The highest BCUT2D eigenvalue weighted by atomic mass is 79.9. The molecule has 0 unspecified atom stereocenters. The number of nitriles is 1. The monoisotopic (exact) mass is 346 g/mol. The Kier molecular flexibility index (Phi) is 4.23. The van der Waals surface area contributed by atoms with Crippen LogP contribution < -0.4 is 4.90 Å². The number of furan rings is 1. The van der Waals surface area contributed by atoms with Crippen molar-refractivity contribution >= 4 is 21.7 Å². The molecule has 6 heteroatoms. The summed E-state index contributed by atoms with van der Waals surface area (Å²) in [6.45, 7) is 4.56. The summed E-state index contributed by atoms with van der Waals surface area (Å²) in [5.74, 6) is 2.24. The van der Waals surface area contributed by atoms with Crippen molar-refractivity contribution in [3.8, 4) is 6.07 Å². The van der Waals surface area contributed by atoms with Gasteiger partial charge < -0.3 is 9.32 Å². The number of piperazine rings is 1. The summed E-state index contributed by atoms with van der Waals surface area (Å²) in [6, 6.07) is 9.66. The summed E-state index contributed by atoms with van der Waals surface area (Å²) in [4.78, 5) is 9.04. The van der Waals surface area contributed by atoms with Crippen LogP contribution >= 0.6 is 15.9 Å². The van der Waals surface area contributed by atoms with Crippen LogP contribution in [-0.4, -0.2) is 36.1 Å². The van der Waals surface area contributed by atoms with Crippen LogP contribution in [0.15, 0.2) is 39.4 Å². The van der Waals surface area contributed by atoms with Gasteiger partial charge >= 0.3 is 0 Å². The van der Waals surface area contributed by atoms with E-state index in [1.165, 1.54) is 0 Å². The molecule has 0 N–H and O–H groups in total. The fourth-order valence-electron chi connectivity index (χ4n) is 2.43. The van der Waals surface area contributed by atoms with Gasteiger partial charge in [0.05, 0.1) is 6.54 Å². The third kappa shape index (κ3) is 3.43. The third-order valence-electron chi connectivity index (χ3n) is 3.56. The van der Waals surface area contributed by atoms with E-state index in [0.717, 1.165) is 48.8 Å². The predicted octanol–water partition coefficient (Wildman–Crippen LogP) is 2.63. The lowest BCUT2D eigenvalue weighted by molar-refractivity contribution is 0.229. The topological polar surface area (TPSA) is 56.3 Å². The number of halogens is 1. The number of aromatic nitrogens is 1. The van der Waals surface area contributed by atoms with Crippen LogP contribution in [0.2, 0.25) is 0 Å². The van der Waals surface area contributed by atoms with Gasteiger partial charge in [0.2, 0.25) is 5.76 Å². The zero-order valence-electron chi connectivity index (χ0n) is 11.5. The molecular formula is C15H15BrN4O. The van der Waals surface area contributed by atoms with Gasteiger partial charge in [-0.2, -0.15) is 5.26 Å². The number of pyridine rings is 1. The van der Waals surface area contributed by atoms with Gasteiger partial charge in [0.25, 0.3) is 0 Å². The van der Waals surface area contributed by atoms with Gasteiger partial charge in [-0.1, -0.05) is 0 Å². The molecule has 1 fully saturated rings. The van der Waals surface area contributed by atoms with Crippen molar-refractivity contribution in [1.29, 1.82) is 5.26 Å². The standard InChI is InChI=1S/C15H15BrN4O/c16-12-1-4-15(18-10-12)20-7-5-19(6-8-20)11-14-3-2-13(9-17)21-14/h1-4,10H,5-8,11H2. The van der Waals surface area contributed by atoms with E-state index in [4.69, 9.17) is 9.68 Å². The fraction of sp³-hybridized carbons (Fsp3) is 0.333. The Labute approximate surface area is 131 Å². The van der Waals surface area contributed by atoms with E-state index in [2.05, 4.69) is 30.7 Å². The van der Waals surface area contributed by atoms with Gasteiger partial charge in [-0.3, -0.25) is 4.90 Å². The Morgan fingerprint density at radius 2 is 2.00 bits per heavy atom. The molecule has 2 aromatic rings. The van der Waals surface area contributed by atoms with Crippen LogP contribution in [0, 0.1) is 11.3 Å². The molecule has 0 aromatic carbocycles. The number of hydrogen-bond acceptors (Lipinski definition) is 5. The van der Waals surface area contributed by atoms with Gasteiger partial charge in [0, 0.05) is 36.8 Å². The quantitative estimate of drug-likeness (QED) is 0.854. The van der Waals surface area contributed by atoms with Crippen LogP contribution in [0.4, 0.5) is 5.82 Å². The zero-order valence-corrected chi connectivity index (χ0v) is 13.1. The summed E-state index contributed by atoms with van der Waals surface area (Å²) in [5.41, 5.74) is 0. The summed E-state index contributed by atoms with van der Waals surface area (Å²) in [5, 5.41) is 8.76. The van der Waals surface area contributed by atoms with Crippen molar-refractivity contribution in [1.82, 2.24) is 9.88 Å². The normalized spacial score (nSPS) is 15.9. The van der Waals surface area contributed by atoms with Gasteiger partial charge in [0.1, 0.15) is 17.6 Å². The predicted molar refractivity (Wildman–Crippen MR) is 82.9 cm³/mol. The molecule has 21 heavy (non-hydrogen) atoms. The summed E-state index contributed by atoms with van der Waals surface area (Å²) >= 11 is 3.40. The smallest absolute Gasteiger partial charge is 0.203 e. The van der Waals surface area contributed by atoms with Crippen LogP contribution in [0.5, 0.6) is 0 Å². The molecule has 0 amide bonds. The molecule has 2 aromatic heterocycles. The summed E-state index contributed by atoms with van der Waals surface area (Å²) < 4.78 is 6.42. The largest absolute Gasteiger partial charge is 0.449 e. The fourth-order valence-corrected chi connectivity index (χ4v) is 2.67. The first-order valence-electron chi connectivity index (χ1n) is 6.82. The zero-order chi connectivity index (χ0) is 14.7. The highest BCUT2D eigenvalue weighted by molar-refractivity contribution is 9.10. The van der Waals surface area contributed by atoms with Gasteiger partial charge in [-0.05, 0) is 40.2 Å². The minimum atomic E-state index is 0.377. The Morgan fingerprint density at radius 1 is 1.19 bits per heavy atom. The average molecular weight is 347 g/mol. The van der Waals surface area contributed by atoms with E-state index in [1.807, 2.05) is 30.5 Å². The minimum Gasteiger partial charge on any atom is -0.449 e. The molecule has 5 nitrogen and oxygen atoms in total. The average Bonchev–Trinajstić information content (AvgIpc) is 2.97. The van der Waals surface area contributed by atoms with Crippen molar-refractivity contribution in [3.63, 3.8) is 0 Å². The van der Waals surface area contributed by atoms with Crippen LogP contribution in [-0.2, 0) is 6.54 Å². The molecular weight excluding hydrogens is 332 g/mol. The Bertz CT molecular complexity index is 638. The van der Waals surface area contributed by atoms with Gasteiger partial charge in [-0.25, -0.2) is 4.98 Å². The molecule has 3 rings (SSSR count). The third-order valence-corrected chi connectivity index (χ3v) is 4.03. The Hall–Kier alpha value is -1.84. The van der Waals surface area contributed by atoms with Crippen molar-refractivity contribution < 1.29 is 4.42 Å². The van der Waals surface area contributed by atoms with E-state index in [1.54, 1.807) is 6.07 Å². The van der Waals surface area contributed by atoms with Crippen molar-refractivity contribution in [2.45, 2.75) is 6.54 Å². The lowest BCUT2D eigenvalue weighted by atomic mass is 10.3. The van der Waals surface area contributed by atoms with Crippen molar-refractivity contribution in [2.24, 2.45) is 0 Å². The second-order valence-corrected chi connectivity index (χ2v) is 5.89. The highest BCUT2D eigenvalue weighted by Gasteiger charge is 2.19. The Morgan fingerprint density at radius 3 is 2.62 bits per heavy atom.